The fourth-order valence-corrected chi connectivity index (χ4v) is 3.05. The zero-order valence-electron chi connectivity index (χ0n) is 15.3. The Kier molecular flexibility index (Phi) is 6.64. The second kappa shape index (κ2) is 8.71. The normalized spacial score (nSPS) is 16.8. The number of amides is 2. The van der Waals surface area contributed by atoms with Crippen molar-refractivity contribution in [1.82, 2.24) is 10.2 Å². The molecule has 1 aromatic carbocycles. The molecule has 0 radical (unpaired) electrons. The third kappa shape index (κ3) is 4.85. The van der Waals surface area contributed by atoms with Crippen molar-refractivity contribution in [3.63, 3.8) is 0 Å². The first-order valence-corrected chi connectivity index (χ1v) is 8.48. The van der Waals surface area contributed by atoms with Crippen LogP contribution in [0.4, 0.5) is 5.69 Å². The van der Waals surface area contributed by atoms with Crippen molar-refractivity contribution in [2.75, 3.05) is 39.7 Å². The molecule has 0 bridgehead atoms. The van der Waals surface area contributed by atoms with E-state index in [9.17, 15) is 9.59 Å². The van der Waals surface area contributed by atoms with Gasteiger partial charge in [0.15, 0.2) is 0 Å². The first-order chi connectivity index (χ1) is 12.0. The number of nitrogens with one attached hydrogen (secondary N) is 2. The lowest BCUT2D eigenvalue weighted by Gasteiger charge is -2.34. The van der Waals surface area contributed by atoms with Gasteiger partial charge in [0.1, 0.15) is 11.5 Å². The van der Waals surface area contributed by atoms with E-state index < -0.39 is 0 Å². The van der Waals surface area contributed by atoms with Crippen LogP contribution < -0.4 is 20.1 Å². The molecule has 7 heteroatoms. The summed E-state index contributed by atoms with van der Waals surface area (Å²) in [6.45, 7) is 3.34. The Morgan fingerprint density at radius 3 is 2.16 bits per heavy atom. The molecule has 25 heavy (non-hydrogen) atoms. The van der Waals surface area contributed by atoms with Gasteiger partial charge in [-0.15, -0.1) is 0 Å². The van der Waals surface area contributed by atoms with Crippen LogP contribution in [0.1, 0.15) is 19.8 Å². The number of methoxy groups -OCH3 is 2. The Labute approximate surface area is 148 Å². The summed E-state index contributed by atoms with van der Waals surface area (Å²) >= 11 is 0. The summed E-state index contributed by atoms with van der Waals surface area (Å²) in [5.74, 6) is 1.27. The Balaban J connectivity index is 1.96. The predicted octanol–water partition coefficient (Wildman–Crippen LogP) is 1.49. The fourth-order valence-electron chi connectivity index (χ4n) is 3.05. The van der Waals surface area contributed by atoms with E-state index in [1.165, 1.54) is 0 Å². The molecule has 0 spiro atoms. The molecule has 0 saturated carbocycles. The summed E-state index contributed by atoms with van der Waals surface area (Å²) < 4.78 is 10.4. The first-order valence-electron chi connectivity index (χ1n) is 8.48. The van der Waals surface area contributed by atoms with Crippen molar-refractivity contribution < 1.29 is 19.1 Å². The van der Waals surface area contributed by atoms with Crippen LogP contribution in [0.5, 0.6) is 11.5 Å². The number of likely N-dealkylation sites (tertiary alicyclic amines) is 1. The standard InChI is InChI=1S/C18H27N3O4/c1-12(21-7-5-13(6-8-21)18(23)19-2)17(22)20-14-9-15(24-3)11-16(10-14)25-4/h9-13H,5-8H2,1-4H3,(H,19,23)(H,20,22)/t12-/m1/s1. The molecule has 138 valence electrons. The van der Waals surface area contributed by atoms with Crippen LogP contribution in [0.25, 0.3) is 0 Å². The Hall–Kier alpha value is -2.28. The Morgan fingerprint density at radius 2 is 1.68 bits per heavy atom. The number of anilines is 1. The van der Waals surface area contributed by atoms with Crippen molar-refractivity contribution in [2.24, 2.45) is 5.92 Å². The van der Waals surface area contributed by atoms with Crippen molar-refractivity contribution in [1.29, 1.82) is 0 Å². The maximum Gasteiger partial charge on any atom is 0.241 e. The van der Waals surface area contributed by atoms with Gasteiger partial charge in [-0.3, -0.25) is 14.5 Å². The van der Waals surface area contributed by atoms with Gasteiger partial charge in [0, 0.05) is 36.9 Å². The number of ether oxygens (including phenoxy) is 2. The van der Waals surface area contributed by atoms with Crippen LogP contribution in [0.3, 0.4) is 0 Å². The SMILES string of the molecule is CNC(=O)C1CCN([C@H](C)C(=O)Nc2cc(OC)cc(OC)c2)CC1. The van der Waals surface area contributed by atoms with E-state index in [2.05, 4.69) is 15.5 Å². The summed E-state index contributed by atoms with van der Waals surface area (Å²) in [5, 5.41) is 5.61. The van der Waals surface area contributed by atoms with Crippen LogP contribution in [-0.4, -0.2) is 57.1 Å². The first kappa shape index (κ1) is 19.1. The number of carbonyl (C=O) groups excluding carboxylic acids is 2. The minimum Gasteiger partial charge on any atom is -0.497 e. The number of benzene rings is 1. The molecule has 0 aliphatic carbocycles. The fraction of sp³-hybridized carbons (Fsp3) is 0.556. The quantitative estimate of drug-likeness (QED) is 0.813. The number of carbonyl (C=O) groups is 2. The second-order valence-corrected chi connectivity index (χ2v) is 6.19. The summed E-state index contributed by atoms with van der Waals surface area (Å²) in [6.07, 6.45) is 1.54. The van der Waals surface area contributed by atoms with Gasteiger partial charge in [-0.1, -0.05) is 0 Å². The minimum atomic E-state index is -0.275. The van der Waals surface area contributed by atoms with Gasteiger partial charge in [0.05, 0.1) is 20.3 Å². The van der Waals surface area contributed by atoms with Crippen LogP contribution in [-0.2, 0) is 9.59 Å². The maximum absolute atomic E-state index is 12.6. The third-order valence-electron chi connectivity index (χ3n) is 4.69. The number of nitrogens with zero attached hydrogens (tertiary/aromatic N) is 1. The van der Waals surface area contributed by atoms with Crippen LogP contribution in [0.2, 0.25) is 0 Å². The van der Waals surface area contributed by atoms with Gasteiger partial charge in [-0.25, -0.2) is 0 Å². The van der Waals surface area contributed by atoms with Crippen molar-refractivity contribution >= 4 is 17.5 Å². The van der Waals surface area contributed by atoms with E-state index in [4.69, 9.17) is 9.47 Å². The molecule has 2 N–H and O–H groups in total. The molecule has 2 rings (SSSR count). The number of rotatable bonds is 6. The molecule has 1 aromatic rings. The van der Waals surface area contributed by atoms with Gasteiger partial charge in [0.25, 0.3) is 0 Å². The molecule has 0 unspecified atom stereocenters. The Morgan fingerprint density at radius 1 is 1.12 bits per heavy atom. The molecule has 1 heterocycles. The summed E-state index contributed by atoms with van der Waals surface area (Å²) in [7, 11) is 4.80. The highest BCUT2D eigenvalue weighted by atomic mass is 16.5. The number of piperidine rings is 1. The average Bonchev–Trinajstić information content (AvgIpc) is 2.66. The zero-order valence-corrected chi connectivity index (χ0v) is 15.3. The molecule has 0 aromatic heterocycles. The van der Waals surface area contributed by atoms with E-state index in [-0.39, 0.29) is 23.8 Å². The van der Waals surface area contributed by atoms with Crippen molar-refractivity contribution in [3.8, 4) is 11.5 Å². The van der Waals surface area contributed by atoms with Crippen molar-refractivity contribution in [2.45, 2.75) is 25.8 Å². The van der Waals surface area contributed by atoms with Gasteiger partial charge in [-0.05, 0) is 32.9 Å². The molecular weight excluding hydrogens is 322 g/mol. The molecule has 1 fully saturated rings. The monoisotopic (exact) mass is 349 g/mol. The average molecular weight is 349 g/mol. The lowest BCUT2D eigenvalue weighted by molar-refractivity contribution is -0.126. The zero-order chi connectivity index (χ0) is 18.4. The third-order valence-corrected chi connectivity index (χ3v) is 4.69. The smallest absolute Gasteiger partial charge is 0.241 e. The molecule has 1 aliphatic heterocycles. The van der Waals surface area contributed by atoms with E-state index in [0.717, 1.165) is 25.9 Å². The lowest BCUT2D eigenvalue weighted by atomic mass is 9.95. The molecule has 7 nitrogen and oxygen atoms in total. The molecule has 1 atom stereocenters. The maximum atomic E-state index is 12.6. The number of hydrogen-bond donors (Lipinski definition) is 2. The van der Waals surface area contributed by atoms with Gasteiger partial charge >= 0.3 is 0 Å². The minimum absolute atomic E-state index is 0.0409. The predicted molar refractivity (Wildman–Crippen MR) is 96.0 cm³/mol. The van der Waals surface area contributed by atoms with E-state index >= 15 is 0 Å². The van der Waals surface area contributed by atoms with Crippen LogP contribution in [0.15, 0.2) is 18.2 Å². The van der Waals surface area contributed by atoms with E-state index in [0.29, 0.717) is 17.2 Å². The second-order valence-electron chi connectivity index (χ2n) is 6.19. The summed E-state index contributed by atoms with van der Waals surface area (Å²) in [5.41, 5.74) is 0.633. The largest absolute Gasteiger partial charge is 0.497 e. The lowest BCUT2D eigenvalue weighted by Crippen LogP contribution is -2.47. The Bertz CT molecular complexity index is 590. The highest BCUT2D eigenvalue weighted by Crippen LogP contribution is 2.26. The molecule has 1 aliphatic rings. The van der Waals surface area contributed by atoms with E-state index in [1.807, 2.05) is 6.92 Å². The van der Waals surface area contributed by atoms with Gasteiger partial charge in [-0.2, -0.15) is 0 Å². The number of hydrogen-bond acceptors (Lipinski definition) is 5. The highest BCUT2D eigenvalue weighted by Gasteiger charge is 2.29. The molecule has 1 saturated heterocycles. The van der Waals surface area contributed by atoms with E-state index in [1.54, 1.807) is 39.5 Å². The van der Waals surface area contributed by atoms with Crippen molar-refractivity contribution in [3.05, 3.63) is 18.2 Å². The van der Waals surface area contributed by atoms with Crippen LogP contribution >= 0.6 is 0 Å². The van der Waals surface area contributed by atoms with Gasteiger partial charge in [0.2, 0.25) is 11.8 Å². The van der Waals surface area contributed by atoms with Gasteiger partial charge < -0.3 is 20.1 Å². The van der Waals surface area contributed by atoms with Crippen LogP contribution in [0, 0.1) is 5.92 Å². The molecule has 2 amide bonds. The summed E-state index contributed by atoms with van der Waals surface area (Å²) in [6, 6.07) is 4.99. The topological polar surface area (TPSA) is 79.9 Å². The summed E-state index contributed by atoms with van der Waals surface area (Å²) in [4.78, 5) is 26.4. The highest BCUT2D eigenvalue weighted by molar-refractivity contribution is 5.95. The molecular formula is C18H27N3O4.